The third-order valence-corrected chi connectivity index (χ3v) is 3.31. The summed E-state index contributed by atoms with van der Waals surface area (Å²) in [4.78, 5) is 4.18. The van der Waals surface area contributed by atoms with Gasteiger partial charge in [0.2, 0.25) is 5.88 Å². The molecular formula is C15H13ClN4O2. The smallest absolute Gasteiger partial charge is 0.233 e. The summed E-state index contributed by atoms with van der Waals surface area (Å²) >= 11 is 5.70. The summed E-state index contributed by atoms with van der Waals surface area (Å²) in [5, 5.41) is 12.0. The summed E-state index contributed by atoms with van der Waals surface area (Å²) in [6.07, 6.45) is 3.53. The quantitative estimate of drug-likeness (QED) is 0.734. The van der Waals surface area contributed by atoms with Crippen molar-refractivity contribution in [3.63, 3.8) is 0 Å². The van der Waals surface area contributed by atoms with Crippen LogP contribution in [0, 0.1) is 13.8 Å². The number of hydrogen-bond acceptors (Lipinski definition) is 6. The molecule has 0 aliphatic carbocycles. The van der Waals surface area contributed by atoms with E-state index >= 15 is 0 Å². The molecule has 3 heterocycles. The Morgan fingerprint density at radius 1 is 1.18 bits per heavy atom. The number of ether oxygens (including phenoxy) is 1. The molecule has 3 aromatic rings. The molecule has 0 unspecified atom stereocenters. The van der Waals surface area contributed by atoms with Gasteiger partial charge in [0.25, 0.3) is 0 Å². The molecule has 0 aliphatic heterocycles. The number of aromatic nitrogens is 4. The molecule has 0 aromatic carbocycles. The van der Waals surface area contributed by atoms with E-state index < -0.39 is 0 Å². The third kappa shape index (κ3) is 3.07. The monoisotopic (exact) mass is 316 g/mol. The van der Waals surface area contributed by atoms with E-state index in [0.29, 0.717) is 16.8 Å². The van der Waals surface area contributed by atoms with Crippen LogP contribution in [-0.4, -0.2) is 20.3 Å². The summed E-state index contributed by atoms with van der Waals surface area (Å²) in [7, 11) is 0. The van der Waals surface area contributed by atoms with Gasteiger partial charge < -0.3 is 9.26 Å². The van der Waals surface area contributed by atoms with Crippen LogP contribution in [0.2, 0.25) is 5.15 Å². The second-order valence-electron chi connectivity index (χ2n) is 4.80. The van der Waals surface area contributed by atoms with E-state index in [9.17, 15) is 0 Å². The van der Waals surface area contributed by atoms with Gasteiger partial charge in [-0.25, -0.2) is 0 Å². The van der Waals surface area contributed by atoms with Crippen molar-refractivity contribution in [3.05, 3.63) is 52.6 Å². The van der Waals surface area contributed by atoms with E-state index in [1.54, 1.807) is 24.5 Å². The van der Waals surface area contributed by atoms with Crippen LogP contribution in [0.5, 0.6) is 5.88 Å². The van der Waals surface area contributed by atoms with Crippen LogP contribution in [0.3, 0.4) is 0 Å². The highest BCUT2D eigenvalue weighted by Crippen LogP contribution is 2.26. The predicted molar refractivity (Wildman–Crippen MR) is 80.6 cm³/mol. The van der Waals surface area contributed by atoms with E-state index in [-0.39, 0.29) is 6.61 Å². The van der Waals surface area contributed by atoms with Crippen molar-refractivity contribution in [2.45, 2.75) is 20.5 Å². The van der Waals surface area contributed by atoms with Crippen LogP contribution in [0.1, 0.15) is 16.9 Å². The maximum Gasteiger partial charge on any atom is 0.233 e. The van der Waals surface area contributed by atoms with Gasteiger partial charge in [-0.3, -0.25) is 4.98 Å². The van der Waals surface area contributed by atoms with Crippen molar-refractivity contribution in [3.8, 4) is 17.1 Å². The van der Waals surface area contributed by atoms with Gasteiger partial charge in [-0.1, -0.05) is 16.8 Å². The number of nitrogens with zero attached hydrogens (tertiary/aromatic N) is 4. The normalized spacial score (nSPS) is 10.7. The largest absolute Gasteiger partial charge is 0.472 e. The molecule has 3 aromatic heterocycles. The lowest BCUT2D eigenvalue weighted by molar-refractivity contribution is 0.287. The Balaban J connectivity index is 1.85. The first-order valence-corrected chi connectivity index (χ1v) is 7.00. The average molecular weight is 317 g/mol. The standard InChI is InChI=1S/C15H13ClN4O2/c1-9-5-11(7-17-6-9)15-12(10(2)22-20-15)8-21-14-4-3-13(16)18-19-14/h3-7H,8H2,1-2H3. The van der Waals surface area contributed by atoms with Crippen molar-refractivity contribution in [1.29, 1.82) is 0 Å². The first-order chi connectivity index (χ1) is 10.6. The fourth-order valence-electron chi connectivity index (χ4n) is 2.00. The molecule has 0 N–H and O–H groups in total. The minimum Gasteiger partial charge on any atom is -0.472 e. The summed E-state index contributed by atoms with van der Waals surface area (Å²) in [6.45, 7) is 4.09. The average Bonchev–Trinajstić information content (AvgIpc) is 2.88. The molecule has 0 atom stereocenters. The molecule has 0 saturated carbocycles. The number of halogens is 1. The molecule has 0 fully saturated rings. The second kappa shape index (κ2) is 6.11. The zero-order chi connectivity index (χ0) is 15.5. The Morgan fingerprint density at radius 3 is 2.77 bits per heavy atom. The van der Waals surface area contributed by atoms with Crippen LogP contribution in [0.15, 0.2) is 35.1 Å². The summed E-state index contributed by atoms with van der Waals surface area (Å²) < 4.78 is 10.9. The van der Waals surface area contributed by atoms with Gasteiger partial charge in [-0.05, 0) is 31.5 Å². The van der Waals surface area contributed by atoms with Gasteiger partial charge in [0.05, 0.1) is 5.56 Å². The highest BCUT2D eigenvalue weighted by molar-refractivity contribution is 6.29. The van der Waals surface area contributed by atoms with Gasteiger partial charge >= 0.3 is 0 Å². The molecule has 0 spiro atoms. The Labute approximate surface area is 132 Å². The first-order valence-electron chi connectivity index (χ1n) is 6.62. The van der Waals surface area contributed by atoms with Crippen molar-refractivity contribution in [2.24, 2.45) is 0 Å². The van der Waals surface area contributed by atoms with Crippen LogP contribution in [0.4, 0.5) is 0 Å². The molecule has 112 valence electrons. The highest BCUT2D eigenvalue weighted by atomic mass is 35.5. The van der Waals surface area contributed by atoms with Gasteiger partial charge in [0.15, 0.2) is 5.15 Å². The minimum atomic E-state index is 0.273. The molecule has 22 heavy (non-hydrogen) atoms. The molecule has 0 saturated heterocycles. The van der Waals surface area contributed by atoms with Gasteiger partial charge in [-0.2, -0.15) is 0 Å². The molecule has 7 heteroatoms. The zero-order valence-electron chi connectivity index (χ0n) is 12.1. The van der Waals surface area contributed by atoms with Crippen molar-refractivity contribution in [1.82, 2.24) is 20.3 Å². The highest BCUT2D eigenvalue weighted by Gasteiger charge is 2.16. The first kappa shape index (κ1) is 14.5. The topological polar surface area (TPSA) is 73.9 Å². The molecular weight excluding hydrogens is 304 g/mol. The zero-order valence-corrected chi connectivity index (χ0v) is 12.8. The lowest BCUT2D eigenvalue weighted by Crippen LogP contribution is -2.00. The van der Waals surface area contributed by atoms with E-state index in [1.807, 2.05) is 19.9 Å². The number of hydrogen-bond donors (Lipinski definition) is 0. The number of aryl methyl sites for hydroxylation is 2. The molecule has 0 radical (unpaired) electrons. The minimum absolute atomic E-state index is 0.273. The SMILES string of the molecule is Cc1cncc(-c2noc(C)c2COc2ccc(Cl)nn2)c1. The van der Waals surface area contributed by atoms with Crippen LogP contribution in [-0.2, 0) is 6.61 Å². The maximum absolute atomic E-state index is 5.70. The van der Waals surface area contributed by atoms with Crippen molar-refractivity contribution < 1.29 is 9.26 Å². The fourth-order valence-corrected chi connectivity index (χ4v) is 2.10. The summed E-state index contributed by atoms with van der Waals surface area (Å²) in [5.41, 5.74) is 3.51. The van der Waals surface area contributed by atoms with E-state index in [2.05, 4.69) is 20.3 Å². The molecule has 0 amide bonds. The molecule has 3 rings (SSSR count). The Kier molecular flexibility index (Phi) is 4.02. The molecule has 0 bridgehead atoms. The Hall–Kier alpha value is -2.47. The number of pyridine rings is 1. The lowest BCUT2D eigenvalue weighted by Gasteiger charge is -2.05. The van der Waals surface area contributed by atoms with E-state index in [1.165, 1.54) is 0 Å². The van der Waals surface area contributed by atoms with Crippen molar-refractivity contribution >= 4 is 11.6 Å². The van der Waals surface area contributed by atoms with E-state index in [0.717, 1.165) is 22.4 Å². The van der Waals surface area contributed by atoms with Crippen LogP contribution in [0.25, 0.3) is 11.3 Å². The van der Waals surface area contributed by atoms with Crippen LogP contribution < -0.4 is 4.74 Å². The predicted octanol–water partition coefficient (Wildman–Crippen LogP) is 3.38. The number of rotatable bonds is 4. The summed E-state index contributed by atoms with van der Waals surface area (Å²) in [5.74, 6) is 1.08. The Bertz CT molecular complexity index is 786. The third-order valence-electron chi connectivity index (χ3n) is 3.11. The van der Waals surface area contributed by atoms with E-state index in [4.69, 9.17) is 20.9 Å². The second-order valence-corrected chi connectivity index (χ2v) is 5.19. The molecule has 6 nitrogen and oxygen atoms in total. The van der Waals surface area contributed by atoms with Crippen molar-refractivity contribution in [2.75, 3.05) is 0 Å². The summed E-state index contributed by atoms with van der Waals surface area (Å²) in [6, 6.07) is 5.28. The molecule has 0 aliphatic rings. The van der Waals surface area contributed by atoms with Gasteiger partial charge in [0.1, 0.15) is 18.1 Å². The van der Waals surface area contributed by atoms with Gasteiger partial charge in [-0.15, -0.1) is 10.2 Å². The Morgan fingerprint density at radius 2 is 2.05 bits per heavy atom. The lowest BCUT2D eigenvalue weighted by atomic mass is 10.1. The maximum atomic E-state index is 5.70. The van der Waals surface area contributed by atoms with Crippen LogP contribution >= 0.6 is 11.6 Å². The van der Waals surface area contributed by atoms with Gasteiger partial charge in [0, 0.05) is 24.0 Å². The fraction of sp³-hybridized carbons (Fsp3) is 0.200.